The average Bonchev–Trinajstić information content (AvgIpc) is 2.67. The Morgan fingerprint density at radius 2 is 1.82 bits per heavy atom. The van der Waals surface area contributed by atoms with E-state index in [1.807, 2.05) is 0 Å². The first kappa shape index (κ1) is 17.5. The lowest BCUT2D eigenvalue weighted by molar-refractivity contribution is 0.374. The van der Waals surface area contributed by atoms with Crippen LogP contribution in [0.4, 0.5) is 4.39 Å². The van der Waals surface area contributed by atoms with E-state index in [2.05, 4.69) is 26.0 Å². The van der Waals surface area contributed by atoms with Crippen LogP contribution in [0.3, 0.4) is 0 Å². The van der Waals surface area contributed by atoms with Crippen LogP contribution in [-0.4, -0.2) is 54.0 Å². The van der Waals surface area contributed by atoms with Crippen LogP contribution < -0.4 is 4.74 Å². The quantitative estimate of drug-likeness (QED) is 0.759. The van der Waals surface area contributed by atoms with Crippen molar-refractivity contribution in [3.8, 4) is 11.8 Å². The molecule has 0 bridgehead atoms. The summed E-state index contributed by atoms with van der Waals surface area (Å²) in [6.07, 6.45) is 0. The second-order valence-electron chi connectivity index (χ2n) is 4.54. The molecular weight excluding hydrogens is 367 g/mol. The van der Waals surface area contributed by atoms with Crippen molar-refractivity contribution in [1.29, 1.82) is 0 Å². The van der Waals surface area contributed by atoms with Gasteiger partial charge in [0.1, 0.15) is 11.6 Å². The van der Waals surface area contributed by atoms with Crippen molar-refractivity contribution < 1.29 is 9.13 Å². The topological polar surface area (TPSA) is 39.9 Å². The first-order chi connectivity index (χ1) is 10.0. The molecule has 0 saturated heterocycles. The summed E-state index contributed by atoms with van der Waals surface area (Å²) in [5, 5.41) is -0.0938. The van der Waals surface area contributed by atoms with Gasteiger partial charge in [-0.15, -0.1) is 10.2 Å². The van der Waals surface area contributed by atoms with Crippen LogP contribution in [0.25, 0.3) is 0 Å². The van der Waals surface area contributed by atoms with Crippen LogP contribution in [0, 0.1) is 5.82 Å². The molecule has 0 amide bonds. The minimum atomic E-state index is -2.04. The SMILES string of the molecule is [B]C([B])([B])C([B])([B])n1nc(Br)nc1Oc1cc(F)cc(Cl)c1. The molecule has 100 valence electrons. The van der Waals surface area contributed by atoms with Crippen LogP contribution in [0.2, 0.25) is 10.1 Å². The lowest BCUT2D eigenvalue weighted by Gasteiger charge is -2.41. The molecule has 1 aromatic heterocycles. The number of nitrogens with zero attached hydrogens (tertiary/aromatic N) is 3. The summed E-state index contributed by atoms with van der Waals surface area (Å²) in [5.74, 6) is -0.566. The maximum absolute atomic E-state index is 13.3. The number of rotatable bonds is 4. The molecule has 0 aliphatic heterocycles. The first-order valence-corrected chi connectivity index (χ1v) is 6.89. The lowest BCUT2D eigenvalue weighted by Crippen LogP contribution is -2.49. The van der Waals surface area contributed by atoms with Gasteiger partial charge < -0.3 is 4.74 Å². The average molecular weight is 370 g/mol. The van der Waals surface area contributed by atoms with E-state index < -0.39 is 16.3 Å². The highest BCUT2D eigenvalue weighted by molar-refractivity contribution is 9.10. The van der Waals surface area contributed by atoms with Crippen LogP contribution in [0.5, 0.6) is 11.8 Å². The van der Waals surface area contributed by atoms with Crippen molar-refractivity contribution in [2.24, 2.45) is 0 Å². The van der Waals surface area contributed by atoms with E-state index >= 15 is 0 Å². The monoisotopic (exact) mass is 369 g/mol. The van der Waals surface area contributed by atoms with Gasteiger partial charge in [-0.05, 0) is 33.4 Å². The Kier molecular flexibility index (Phi) is 4.78. The standard InChI is InChI=1S/C10H3B5BrClFN3O/c11-9(12,13)10(14,15)21-8(19-7(16)20-21)22-6-2-4(17)1-5(18)3-6/h1-3H. The Morgan fingerprint density at radius 3 is 2.36 bits per heavy atom. The molecule has 10 radical (unpaired) electrons. The van der Waals surface area contributed by atoms with Gasteiger partial charge in [-0.3, -0.25) is 0 Å². The van der Waals surface area contributed by atoms with Crippen molar-refractivity contribution in [1.82, 2.24) is 14.8 Å². The Morgan fingerprint density at radius 1 is 1.18 bits per heavy atom. The molecular formula is C10H3B5BrClFN3O. The van der Waals surface area contributed by atoms with Crippen molar-refractivity contribution in [2.75, 3.05) is 0 Å². The molecule has 1 heterocycles. The summed E-state index contributed by atoms with van der Waals surface area (Å²) in [6.45, 7) is 0. The molecule has 0 N–H and O–H groups in total. The normalized spacial score (nSPS) is 12.3. The predicted octanol–water partition coefficient (Wildman–Crippen LogP) is 1.15. The number of halogens is 3. The Balaban J connectivity index is 2.45. The maximum atomic E-state index is 13.3. The van der Waals surface area contributed by atoms with Crippen molar-refractivity contribution in [3.63, 3.8) is 0 Å². The number of hydrogen-bond donors (Lipinski definition) is 0. The van der Waals surface area contributed by atoms with Gasteiger partial charge in [0.05, 0.1) is 39.2 Å². The second-order valence-corrected chi connectivity index (χ2v) is 5.69. The molecule has 0 saturated carbocycles. The smallest absolute Gasteiger partial charge is 0.320 e. The zero-order valence-electron chi connectivity index (χ0n) is 11.0. The third-order valence-corrected chi connectivity index (χ3v) is 3.20. The lowest BCUT2D eigenvalue weighted by atomic mass is 9.26. The van der Waals surface area contributed by atoms with Crippen LogP contribution in [0.1, 0.15) is 0 Å². The van der Waals surface area contributed by atoms with Gasteiger partial charge >= 0.3 is 6.01 Å². The van der Waals surface area contributed by atoms with Gasteiger partial charge in [-0.1, -0.05) is 11.6 Å². The zero-order valence-corrected chi connectivity index (χ0v) is 13.3. The van der Waals surface area contributed by atoms with Gasteiger partial charge in [0.15, 0.2) is 0 Å². The molecule has 12 heteroatoms. The molecule has 0 atom stereocenters. The summed E-state index contributed by atoms with van der Waals surface area (Å²) in [5.41, 5.74) is 0. The van der Waals surface area contributed by atoms with Crippen LogP contribution in [-0.2, 0) is 5.34 Å². The Labute approximate surface area is 146 Å². The highest BCUT2D eigenvalue weighted by Crippen LogP contribution is 2.34. The van der Waals surface area contributed by atoms with E-state index in [9.17, 15) is 4.39 Å². The molecule has 1 aromatic carbocycles. The third-order valence-electron chi connectivity index (χ3n) is 2.64. The van der Waals surface area contributed by atoms with Gasteiger partial charge in [-0.2, -0.15) is 4.98 Å². The fourth-order valence-corrected chi connectivity index (χ4v) is 1.98. The molecule has 0 unspecified atom stereocenters. The number of benzene rings is 1. The van der Waals surface area contributed by atoms with Gasteiger partial charge in [-0.25, -0.2) is 9.07 Å². The molecule has 0 aliphatic rings. The highest BCUT2D eigenvalue weighted by atomic mass is 79.9. The van der Waals surface area contributed by atoms with E-state index in [1.165, 1.54) is 6.07 Å². The number of aromatic nitrogens is 3. The highest BCUT2D eigenvalue weighted by Gasteiger charge is 2.35. The van der Waals surface area contributed by atoms with Crippen molar-refractivity contribution in [3.05, 3.63) is 33.8 Å². The molecule has 22 heavy (non-hydrogen) atoms. The second kappa shape index (κ2) is 6.00. The first-order valence-electron chi connectivity index (χ1n) is 5.72. The minimum Gasteiger partial charge on any atom is -0.424 e. The minimum absolute atomic E-state index is 0.0404. The van der Waals surface area contributed by atoms with Crippen molar-refractivity contribution >= 4 is 66.8 Å². The molecule has 0 aliphatic carbocycles. The summed E-state index contributed by atoms with van der Waals surface area (Å²) in [6, 6.07) is 3.32. The molecule has 0 fully saturated rings. The fourth-order valence-electron chi connectivity index (χ4n) is 1.46. The van der Waals surface area contributed by atoms with Gasteiger partial charge in [0.25, 0.3) is 0 Å². The van der Waals surface area contributed by atoms with Gasteiger partial charge in [0, 0.05) is 11.1 Å². The number of ether oxygens (including phenoxy) is 1. The predicted molar refractivity (Wildman–Crippen MR) is 88.6 cm³/mol. The largest absolute Gasteiger partial charge is 0.424 e. The summed E-state index contributed by atoms with van der Waals surface area (Å²) >= 11 is 8.77. The Bertz CT molecular complexity index is 688. The molecule has 0 spiro atoms. The summed E-state index contributed by atoms with van der Waals surface area (Å²) in [4.78, 5) is 3.90. The van der Waals surface area contributed by atoms with E-state index in [0.29, 0.717) is 0 Å². The molecule has 2 aromatic rings. The third kappa shape index (κ3) is 3.56. The van der Waals surface area contributed by atoms with E-state index in [-0.39, 0.29) is 21.5 Å². The summed E-state index contributed by atoms with van der Waals surface area (Å²) in [7, 11) is 28.2. The fraction of sp³-hybridized carbons (Fsp3) is 0.200. The van der Waals surface area contributed by atoms with Crippen LogP contribution >= 0.6 is 27.5 Å². The van der Waals surface area contributed by atoms with E-state index in [1.54, 1.807) is 0 Å². The maximum Gasteiger partial charge on any atom is 0.320 e. The zero-order chi connectivity index (χ0) is 16.7. The van der Waals surface area contributed by atoms with Crippen molar-refractivity contribution in [2.45, 2.75) is 10.5 Å². The van der Waals surface area contributed by atoms with Crippen LogP contribution in [0.15, 0.2) is 22.9 Å². The van der Waals surface area contributed by atoms with Gasteiger partial charge in [0.2, 0.25) is 4.73 Å². The summed E-state index contributed by atoms with van der Waals surface area (Å²) < 4.78 is 19.7. The van der Waals surface area contributed by atoms with E-state index in [4.69, 9.17) is 55.6 Å². The molecule has 2 rings (SSSR count). The number of hydrogen-bond acceptors (Lipinski definition) is 3. The molecule has 4 nitrogen and oxygen atoms in total. The van der Waals surface area contributed by atoms with E-state index in [0.717, 1.165) is 16.8 Å². The Hall–Kier alpha value is -0.815.